The predicted octanol–water partition coefficient (Wildman–Crippen LogP) is 3.81. The summed E-state index contributed by atoms with van der Waals surface area (Å²) in [6.07, 6.45) is 0. The highest BCUT2D eigenvalue weighted by Crippen LogP contribution is 2.22. The van der Waals surface area contributed by atoms with Crippen LogP contribution in [0.25, 0.3) is 0 Å². The van der Waals surface area contributed by atoms with Gasteiger partial charge in [0.15, 0.2) is 5.62 Å². The standard InChI is InChI=1S/C18H22Cl2N2O2/c1-13-16(9-10-18(2,3)23-4)21-17(20)22(13)11-12-24-15-7-5-14(19)6-8-15/h5-8,17,21H,11-12H2,1-4H3. The Bertz CT molecular complexity index is 660. The fourth-order valence-electron chi connectivity index (χ4n) is 2.08. The van der Waals surface area contributed by atoms with Gasteiger partial charge in [0.25, 0.3) is 0 Å². The summed E-state index contributed by atoms with van der Waals surface area (Å²) in [4.78, 5) is 2.02. The first-order chi connectivity index (χ1) is 11.3. The van der Waals surface area contributed by atoms with Gasteiger partial charge in [-0.1, -0.05) is 29.1 Å². The molecule has 24 heavy (non-hydrogen) atoms. The van der Waals surface area contributed by atoms with E-state index in [9.17, 15) is 0 Å². The number of allylic oxidation sites excluding steroid dienone is 2. The molecule has 0 bridgehead atoms. The Balaban J connectivity index is 1.96. The van der Waals surface area contributed by atoms with Gasteiger partial charge in [-0.05, 0) is 51.0 Å². The van der Waals surface area contributed by atoms with Crippen LogP contribution in [0, 0.1) is 11.8 Å². The van der Waals surface area contributed by atoms with E-state index in [1.165, 1.54) is 0 Å². The number of methoxy groups -OCH3 is 1. The molecule has 0 radical (unpaired) electrons. The molecule has 1 aromatic carbocycles. The summed E-state index contributed by atoms with van der Waals surface area (Å²) in [6.45, 7) is 6.98. The molecule has 0 saturated heterocycles. The van der Waals surface area contributed by atoms with Crippen molar-refractivity contribution in [2.75, 3.05) is 20.3 Å². The van der Waals surface area contributed by atoms with Gasteiger partial charge in [-0.2, -0.15) is 0 Å². The van der Waals surface area contributed by atoms with E-state index in [-0.39, 0.29) is 5.62 Å². The molecule has 130 valence electrons. The van der Waals surface area contributed by atoms with E-state index >= 15 is 0 Å². The Morgan fingerprint density at radius 2 is 1.96 bits per heavy atom. The second-order valence-electron chi connectivity index (χ2n) is 5.90. The van der Waals surface area contributed by atoms with Gasteiger partial charge in [-0.15, -0.1) is 0 Å². The Morgan fingerprint density at radius 1 is 1.29 bits per heavy atom. The van der Waals surface area contributed by atoms with Gasteiger partial charge in [0.1, 0.15) is 23.7 Å². The topological polar surface area (TPSA) is 33.7 Å². The van der Waals surface area contributed by atoms with E-state index in [2.05, 4.69) is 17.2 Å². The third-order valence-corrected chi connectivity index (χ3v) is 4.34. The highest BCUT2D eigenvalue weighted by Gasteiger charge is 2.26. The molecule has 1 aromatic rings. The lowest BCUT2D eigenvalue weighted by Crippen LogP contribution is -2.35. The van der Waals surface area contributed by atoms with Gasteiger partial charge in [0.05, 0.1) is 6.54 Å². The van der Waals surface area contributed by atoms with Gasteiger partial charge < -0.3 is 19.7 Å². The molecule has 0 spiro atoms. The van der Waals surface area contributed by atoms with Crippen LogP contribution >= 0.6 is 23.2 Å². The Morgan fingerprint density at radius 3 is 2.58 bits per heavy atom. The maximum absolute atomic E-state index is 6.36. The molecule has 1 unspecified atom stereocenters. The molecular weight excluding hydrogens is 347 g/mol. The lowest BCUT2D eigenvalue weighted by atomic mass is 10.1. The molecule has 0 saturated carbocycles. The largest absolute Gasteiger partial charge is 0.492 e. The summed E-state index contributed by atoms with van der Waals surface area (Å²) in [5, 5.41) is 3.86. The third kappa shape index (κ3) is 4.98. The fourth-order valence-corrected chi connectivity index (χ4v) is 2.56. The van der Waals surface area contributed by atoms with Crippen LogP contribution in [0.1, 0.15) is 20.8 Å². The second kappa shape index (κ2) is 8.02. The van der Waals surface area contributed by atoms with Crippen molar-refractivity contribution in [3.8, 4) is 17.6 Å². The predicted molar refractivity (Wildman–Crippen MR) is 98.0 cm³/mol. The second-order valence-corrected chi connectivity index (χ2v) is 6.75. The Labute approximate surface area is 153 Å². The van der Waals surface area contributed by atoms with E-state index in [0.29, 0.717) is 18.2 Å². The Kier molecular flexibility index (Phi) is 6.28. The number of rotatable bonds is 5. The average Bonchev–Trinajstić information content (AvgIpc) is 2.82. The van der Waals surface area contributed by atoms with E-state index in [4.69, 9.17) is 32.7 Å². The summed E-state index contributed by atoms with van der Waals surface area (Å²) in [5.41, 5.74) is 0.969. The summed E-state index contributed by atoms with van der Waals surface area (Å²) in [7, 11) is 1.64. The van der Waals surface area contributed by atoms with Gasteiger partial charge >= 0.3 is 0 Å². The molecule has 2 rings (SSSR count). The van der Waals surface area contributed by atoms with Crippen molar-refractivity contribution in [2.24, 2.45) is 0 Å². The minimum Gasteiger partial charge on any atom is -0.492 e. The molecule has 0 amide bonds. The van der Waals surface area contributed by atoms with Crippen LogP contribution < -0.4 is 10.1 Å². The number of nitrogens with one attached hydrogen (secondary N) is 1. The van der Waals surface area contributed by atoms with Gasteiger partial charge in [0.2, 0.25) is 0 Å². The zero-order chi connectivity index (χ0) is 17.7. The third-order valence-electron chi connectivity index (χ3n) is 3.74. The molecule has 1 aliphatic rings. The Hall–Kier alpha value is -1.54. The first-order valence-electron chi connectivity index (χ1n) is 7.67. The van der Waals surface area contributed by atoms with Crippen molar-refractivity contribution in [3.05, 3.63) is 40.7 Å². The zero-order valence-corrected chi connectivity index (χ0v) is 15.8. The van der Waals surface area contributed by atoms with Crippen LogP contribution in [0.2, 0.25) is 5.02 Å². The number of ether oxygens (including phenoxy) is 2. The number of hydrogen-bond acceptors (Lipinski definition) is 4. The molecule has 0 fully saturated rings. The highest BCUT2D eigenvalue weighted by molar-refractivity contribution is 6.30. The summed E-state index contributed by atoms with van der Waals surface area (Å²) in [5.74, 6) is 6.98. The van der Waals surface area contributed by atoms with Crippen LogP contribution in [0.5, 0.6) is 5.75 Å². The number of benzene rings is 1. The van der Waals surface area contributed by atoms with Gasteiger partial charge in [-0.25, -0.2) is 0 Å². The van der Waals surface area contributed by atoms with Gasteiger partial charge in [-0.3, -0.25) is 0 Å². The van der Waals surface area contributed by atoms with Crippen LogP contribution in [-0.4, -0.2) is 36.4 Å². The molecule has 1 heterocycles. The summed E-state index contributed by atoms with van der Waals surface area (Å²) in [6, 6.07) is 7.29. The minimum absolute atomic E-state index is 0.339. The number of alkyl halides is 1. The van der Waals surface area contributed by atoms with Gasteiger partial charge in [0, 0.05) is 17.8 Å². The molecule has 1 atom stereocenters. The van der Waals surface area contributed by atoms with Crippen molar-refractivity contribution in [2.45, 2.75) is 32.0 Å². The van der Waals surface area contributed by atoms with Crippen molar-refractivity contribution in [1.29, 1.82) is 0 Å². The molecule has 4 nitrogen and oxygen atoms in total. The van der Waals surface area contributed by atoms with Crippen molar-refractivity contribution < 1.29 is 9.47 Å². The van der Waals surface area contributed by atoms with E-state index < -0.39 is 5.60 Å². The van der Waals surface area contributed by atoms with Crippen molar-refractivity contribution >= 4 is 23.2 Å². The van der Waals surface area contributed by atoms with Crippen LogP contribution in [-0.2, 0) is 4.74 Å². The number of halogens is 2. The molecule has 6 heteroatoms. The van der Waals surface area contributed by atoms with Crippen LogP contribution in [0.15, 0.2) is 35.7 Å². The van der Waals surface area contributed by atoms with Crippen molar-refractivity contribution in [1.82, 2.24) is 10.2 Å². The maximum Gasteiger partial charge on any atom is 0.178 e. The first kappa shape index (κ1) is 18.8. The number of nitrogens with zero attached hydrogens (tertiary/aromatic N) is 1. The van der Waals surface area contributed by atoms with E-state index in [0.717, 1.165) is 17.1 Å². The smallest absolute Gasteiger partial charge is 0.178 e. The molecule has 1 N–H and O–H groups in total. The lowest BCUT2D eigenvalue weighted by molar-refractivity contribution is 0.0741. The van der Waals surface area contributed by atoms with E-state index in [1.807, 2.05) is 37.8 Å². The summed E-state index contributed by atoms with van der Waals surface area (Å²) < 4.78 is 11.0. The quantitative estimate of drug-likeness (QED) is 0.486. The monoisotopic (exact) mass is 368 g/mol. The lowest BCUT2D eigenvalue weighted by Gasteiger charge is -2.23. The maximum atomic E-state index is 6.36. The fraction of sp³-hybridized carbons (Fsp3) is 0.444. The van der Waals surface area contributed by atoms with Crippen molar-refractivity contribution in [3.63, 3.8) is 0 Å². The normalized spacial score (nSPS) is 17.4. The SMILES string of the molecule is COC(C)(C)C#CC1=C(C)N(CCOc2ccc(Cl)cc2)C(Cl)N1. The zero-order valence-electron chi connectivity index (χ0n) is 14.3. The molecule has 0 aromatic heterocycles. The highest BCUT2D eigenvalue weighted by atomic mass is 35.5. The first-order valence-corrected chi connectivity index (χ1v) is 8.48. The van der Waals surface area contributed by atoms with E-state index in [1.54, 1.807) is 19.2 Å². The number of hydrogen-bond donors (Lipinski definition) is 1. The minimum atomic E-state index is -0.498. The summed E-state index contributed by atoms with van der Waals surface area (Å²) >= 11 is 12.2. The molecule has 0 aliphatic carbocycles. The molecular formula is C18H22Cl2N2O2. The van der Waals surface area contributed by atoms with Crippen LogP contribution in [0.4, 0.5) is 0 Å². The molecule has 1 aliphatic heterocycles. The average molecular weight is 369 g/mol. The van der Waals surface area contributed by atoms with Crippen LogP contribution in [0.3, 0.4) is 0 Å².